The van der Waals surface area contributed by atoms with Crippen molar-refractivity contribution in [3.05, 3.63) is 103 Å². The van der Waals surface area contributed by atoms with Crippen LogP contribution in [0.25, 0.3) is 104 Å². The van der Waals surface area contributed by atoms with Gasteiger partial charge in [0, 0.05) is 53.9 Å². The molecule has 0 atom stereocenters. The molecule has 6 aromatic carbocycles. The summed E-state index contributed by atoms with van der Waals surface area (Å²) in [5.41, 5.74) is 8.66. The molecule has 0 spiro atoms. The van der Waals surface area contributed by atoms with E-state index in [2.05, 4.69) is 77.2 Å². The van der Waals surface area contributed by atoms with Gasteiger partial charge in [0.2, 0.25) is 0 Å². The maximum absolute atomic E-state index is 6.65. The van der Waals surface area contributed by atoms with Crippen molar-refractivity contribution >= 4 is 104 Å². The molecule has 0 aliphatic carbocycles. The van der Waals surface area contributed by atoms with Gasteiger partial charge in [-0.2, -0.15) is 0 Å². The molecule has 0 aliphatic rings. The standard InChI is InChI=1S/C36H17NO3/c1-4-10-26-18(7-1)21-14-13-20-25-17-29-30(23-9-3-6-12-28(23)38-29)31-24-16-15-22-19-8-2-5-11-27(19)40-36(22)34(24)37(32(25)31)33(20)35(21)39-26/h1-17H. The Labute approximate surface area is 224 Å². The lowest BCUT2D eigenvalue weighted by atomic mass is 10.0. The van der Waals surface area contributed by atoms with E-state index in [1.54, 1.807) is 0 Å². The normalized spacial score (nSPS) is 13.0. The second-order valence-corrected chi connectivity index (χ2v) is 10.8. The van der Waals surface area contributed by atoms with Crippen molar-refractivity contribution in [2.45, 2.75) is 0 Å². The zero-order valence-electron chi connectivity index (χ0n) is 21.0. The highest BCUT2D eigenvalue weighted by Crippen LogP contribution is 2.49. The molecule has 40 heavy (non-hydrogen) atoms. The van der Waals surface area contributed by atoms with Crippen LogP contribution in [0.2, 0.25) is 0 Å². The second kappa shape index (κ2) is 6.38. The van der Waals surface area contributed by atoms with Crippen molar-refractivity contribution < 1.29 is 13.3 Å². The highest BCUT2D eigenvalue weighted by molar-refractivity contribution is 6.38. The van der Waals surface area contributed by atoms with E-state index in [0.717, 1.165) is 93.0 Å². The summed E-state index contributed by atoms with van der Waals surface area (Å²) in [4.78, 5) is 0. The van der Waals surface area contributed by atoms with Gasteiger partial charge < -0.3 is 17.7 Å². The molecule has 11 aromatic rings. The van der Waals surface area contributed by atoms with Crippen LogP contribution in [-0.2, 0) is 0 Å². The summed E-state index contributed by atoms with van der Waals surface area (Å²) in [6.45, 7) is 0. The minimum Gasteiger partial charge on any atom is -0.456 e. The Morgan fingerprint density at radius 3 is 1.55 bits per heavy atom. The Bertz CT molecular complexity index is 2870. The molecule has 4 nitrogen and oxygen atoms in total. The second-order valence-electron chi connectivity index (χ2n) is 10.8. The van der Waals surface area contributed by atoms with E-state index in [-0.39, 0.29) is 0 Å². The average Bonchev–Trinajstić information content (AvgIpc) is 3.78. The molecule has 0 radical (unpaired) electrons. The molecule has 0 fully saturated rings. The Morgan fingerprint density at radius 2 is 0.875 bits per heavy atom. The highest BCUT2D eigenvalue weighted by Gasteiger charge is 2.27. The van der Waals surface area contributed by atoms with Crippen molar-refractivity contribution in [2.75, 3.05) is 0 Å². The molecular formula is C36H17NO3. The minimum atomic E-state index is 0.891. The van der Waals surface area contributed by atoms with Crippen LogP contribution < -0.4 is 0 Å². The molecule has 0 N–H and O–H groups in total. The predicted molar refractivity (Wildman–Crippen MR) is 163 cm³/mol. The van der Waals surface area contributed by atoms with E-state index in [9.17, 15) is 0 Å². The van der Waals surface area contributed by atoms with Crippen molar-refractivity contribution in [1.29, 1.82) is 0 Å². The summed E-state index contributed by atoms with van der Waals surface area (Å²) in [5.74, 6) is 0. The first kappa shape index (κ1) is 19.6. The van der Waals surface area contributed by atoms with Gasteiger partial charge in [0.1, 0.15) is 22.3 Å². The topological polar surface area (TPSA) is 43.8 Å². The molecule has 0 aliphatic heterocycles. The Kier molecular flexibility index (Phi) is 3.12. The maximum atomic E-state index is 6.65. The van der Waals surface area contributed by atoms with Crippen molar-refractivity contribution in [2.24, 2.45) is 0 Å². The summed E-state index contributed by atoms with van der Waals surface area (Å²) in [6, 6.07) is 36.0. The van der Waals surface area contributed by atoms with Gasteiger partial charge in [-0.25, -0.2) is 0 Å². The van der Waals surface area contributed by atoms with Crippen LogP contribution in [0.1, 0.15) is 0 Å². The fourth-order valence-corrected chi connectivity index (χ4v) is 7.32. The van der Waals surface area contributed by atoms with E-state index in [0.29, 0.717) is 0 Å². The molecule has 11 rings (SSSR count). The number of para-hydroxylation sites is 3. The van der Waals surface area contributed by atoms with E-state index in [1.165, 1.54) is 10.9 Å². The lowest BCUT2D eigenvalue weighted by Crippen LogP contribution is -1.82. The van der Waals surface area contributed by atoms with Gasteiger partial charge in [0.15, 0.2) is 11.2 Å². The van der Waals surface area contributed by atoms with Crippen molar-refractivity contribution in [1.82, 2.24) is 4.40 Å². The fourth-order valence-electron chi connectivity index (χ4n) is 7.32. The molecule has 0 unspecified atom stereocenters. The van der Waals surface area contributed by atoms with E-state index < -0.39 is 0 Å². The van der Waals surface area contributed by atoms with Crippen molar-refractivity contribution in [3.63, 3.8) is 0 Å². The molecule has 0 saturated carbocycles. The zero-order chi connectivity index (χ0) is 25.7. The third-order valence-electron chi connectivity index (χ3n) is 8.91. The Morgan fingerprint density at radius 1 is 0.350 bits per heavy atom. The van der Waals surface area contributed by atoms with Gasteiger partial charge >= 0.3 is 0 Å². The Balaban J connectivity index is 1.53. The lowest BCUT2D eigenvalue weighted by Gasteiger charge is -2.00. The average molecular weight is 512 g/mol. The predicted octanol–water partition coefficient (Wildman–Crippen LogP) is 10.5. The number of hydrogen-bond donors (Lipinski definition) is 0. The number of benzene rings is 6. The number of rotatable bonds is 0. The molecule has 5 heterocycles. The van der Waals surface area contributed by atoms with Crippen LogP contribution in [0.15, 0.2) is 116 Å². The number of nitrogens with zero attached hydrogens (tertiary/aromatic N) is 1. The van der Waals surface area contributed by atoms with Crippen LogP contribution >= 0.6 is 0 Å². The number of furan rings is 3. The summed E-state index contributed by atoms with van der Waals surface area (Å²) >= 11 is 0. The maximum Gasteiger partial charge on any atom is 0.160 e. The summed E-state index contributed by atoms with van der Waals surface area (Å²) in [7, 11) is 0. The van der Waals surface area contributed by atoms with Gasteiger partial charge in [-0.15, -0.1) is 0 Å². The third-order valence-corrected chi connectivity index (χ3v) is 8.91. The summed E-state index contributed by atoms with van der Waals surface area (Å²) in [5, 5.41) is 11.4. The molecule has 184 valence electrons. The van der Waals surface area contributed by atoms with Gasteiger partial charge in [-0.05, 0) is 36.4 Å². The number of fused-ring (bicyclic) bond motifs is 18. The van der Waals surface area contributed by atoms with E-state index in [1.807, 2.05) is 30.3 Å². The van der Waals surface area contributed by atoms with Crippen LogP contribution in [-0.4, -0.2) is 4.40 Å². The first-order valence-electron chi connectivity index (χ1n) is 13.5. The van der Waals surface area contributed by atoms with Crippen LogP contribution in [0.4, 0.5) is 0 Å². The van der Waals surface area contributed by atoms with Crippen LogP contribution in [0.5, 0.6) is 0 Å². The van der Waals surface area contributed by atoms with Gasteiger partial charge in [-0.3, -0.25) is 0 Å². The molecular weight excluding hydrogens is 494 g/mol. The molecule has 4 heteroatoms. The molecule has 5 aromatic heterocycles. The van der Waals surface area contributed by atoms with Gasteiger partial charge in [0.05, 0.1) is 16.6 Å². The van der Waals surface area contributed by atoms with Crippen molar-refractivity contribution in [3.8, 4) is 0 Å². The Hall–Kier alpha value is -5.48. The SMILES string of the molecule is c1ccc2c(c1)oc1c2ccc2c3cc4oc5ccccc5c4c4c5ccc6c7ccccc7oc6c5n(c21)c34. The first-order valence-corrected chi connectivity index (χ1v) is 13.5. The minimum absolute atomic E-state index is 0.891. The fraction of sp³-hybridized carbons (Fsp3) is 0. The zero-order valence-corrected chi connectivity index (χ0v) is 21.0. The molecule has 0 amide bonds. The third kappa shape index (κ3) is 2.05. The van der Waals surface area contributed by atoms with Crippen LogP contribution in [0.3, 0.4) is 0 Å². The first-order chi connectivity index (χ1) is 19.8. The van der Waals surface area contributed by atoms with E-state index >= 15 is 0 Å². The van der Waals surface area contributed by atoms with Crippen LogP contribution in [0, 0.1) is 0 Å². The smallest absolute Gasteiger partial charge is 0.160 e. The molecule has 0 bridgehead atoms. The highest BCUT2D eigenvalue weighted by atomic mass is 16.3. The molecule has 0 saturated heterocycles. The summed E-state index contributed by atoms with van der Waals surface area (Å²) in [6.07, 6.45) is 0. The largest absolute Gasteiger partial charge is 0.456 e. The lowest BCUT2D eigenvalue weighted by molar-refractivity contribution is 0.669. The van der Waals surface area contributed by atoms with E-state index in [4.69, 9.17) is 13.3 Å². The van der Waals surface area contributed by atoms with Gasteiger partial charge in [0.25, 0.3) is 0 Å². The monoisotopic (exact) mass is 511 g/mol. The summed E-state index contributed by atoms with van der Waals surface area (Å²) < 4.78 is 22.1. The number of hydrogen-bond acceptors (Lipinski definition) is 3. The number of aromatic nitrogens is 1. The quantitative estimate of drug-likeness (QED) is 0.203. The van der Waals surface area contributed by atoms with Gasteiger partial charge in [-0.1, -0.05) is 66.7 Å².